The van der Waals surface area contributed by atoms with Crippen LogP contribution in [-0.2, 0) is 24.3 Å². The molecule has 3 nitrogen and oxygen atoms in total. The third kappa shape index (κ3) is 10.7. The summed E-state index contributed by atoms with van der Waals surface area (Å²) in [4.78, 5) is 0. The van der Waals surface area contributed by atoms with Crippen molar-refractivity contribution < 1.29 is 12.5 Å². The highest BCUT2D eigenvalue weighted by Gasteiger charge is 2.26. The van der Waals surface area contributed by atoms with Crippen LogP contribution in [0, 0.1) is 0 Å². The molecule has 0 spiro atoms. The van der Waals surface area contributed by atoms with Gasteiger partial charge in [-0.05, 0) is 19.3 Å². The highest BCUT2D eigenvalue weighted by Crippen LogP contribution is 2.08. The van der Waals surface area contributed by atoms with Crippen molar-refractivity contribution in [3.63, 3.8) is 0 Å². The molecule has 0 saturated carbocycles. The zero-order valence-electron chi connectivity index (χ0n) is 11.0. The fourth-order valence-corrected chi connectivity index (χ4v) is 1.88. The molecule has 0 aromatic carbocycles. The second kappa shape index (κ2) is 13.3. The SMILES string of the molecule is CCCCO[S+](OCCCC)OCCCC. The molecule has 16 heavy (non-hydrogen) atoms. The summed E-state index contributed by atoms with van der Waals surface area (Å²) >= 11 is -0.729. The number of hydrogen-bond acceptors (Lipinski definition) is 3. The summed E-state index contributed by atoms with van der Waals surface area (Å²) < 4.78 is 16.7. The quantitative estimate of drug-likeness (QED) is 0.390. The molecular formula is C12H27O3S+. The Balaban J connectivity index is 3.58. The Morgan fingerprint density at radius 2 is 0.938 bits per heavy atom. The molecule has 0 saturated heterocycles. The van der Waals surface area contributed by atoms with E-state index < -0.39 is 11.7 Å². The summed E-state index contributed by atoms with van der Waals surface area (Å²) in [7, 11) is 0. The van der Waals surface area contributed by atoms with Crippen LogP contribution in [0.3, 0.4) is 0 Å². The lowest BCUT2D eigenvalue weighted by Gasteiger charge is -2.02. The average Bonchev–Trinajstić information content (AvgIpc) is 2.29. The van der Waals surface area contributed by atoms with Crippen molar-refractivity contribution in [3.8, 4) is 0 Å². The van der Waals surface area contributed by atoms with Crippen molar-refractivity contribution in [3.05, 3.63) is 0 Å². The Bertz CT molecular complexity index is 110. The zero-order chi connectivity index (χ0) is 12.1. The van der Waals surface area contributed by atoms with E-state index in [-0.39, 0.29) is 0 Å². The first kappa shape index (κ1) is 16.2. The summed E-state index contributed by atoms with van der Waals surface area (Å²) in [5, 5.41) is 0. The van der Waals surface area contributed by atoms with Crippen LogP contribution in [-0.4, -0.2) is 19.8 Å². The lowest BCUT2D eigenvalue weighted by atomic mass is 10.4. The van der Waals surface area contributed by atoms with Gasteiger partial charge in [0.15, 0.2) is 0 Å². The summed E-state index contributed by atoms with van der Waals surface area (Å²) in [5.74, 6) is 0. The Kier molecular flexibility index (Phi) is 13.5. The van der Waals surface area contributed by atoms with E-state index in [4.69, 9.17) is 12.5 Å². The smallest absolute Gasteiger partial charge is 0.109 e. The van der Waals surface area contributed by atoms with Gasteiger partial charge < -0.3 is 0 Å². The van der Waals surface area contributed by atoms with E-state index in [0.29, 0.717) is 0 Å². The largest absolute Gasteiger partial charge is 0.507 e. The molecule has 0 aliphatic carbocycles. The Morgan fingerprint density at radius 3 is 1.19 bits per heavy atom. The summed E-state index contributed by atoms with van der Waals surface area (Å²) in [5.41, 5.74) is 0. The highest BCUT2D eigenvalue weighted by atomic mass is 32.3. The minimum atomic E-state index is -0.729. The molecule has 0 atom stereocenters. The number of unbranched alkanes of at least 4 members (excludes halogenated alkanes) is 3. The predicted octanol–water partition coefficient (Wildman–Crippen LogP) is 3.80. The molecule has 0 N–H and O–H groups in total. The van der Waals surface area contributed by atoms with Crippen molar-refractivity contribution in [2.75, 3.05) is 19.8 Å². The monoisotopic (exact) mass is 251 g/mol. The van der Waals surface area contributed by atoms with Crippen LogP contribution in [0.25, 0.3) is 0 Å². The Hall–Kier alpha value is 0.230. The Morgan fingerprint density at radius 1 is 0.625 bits per heavy atom. The molecule has 0 unspecified atom stereocenters. The lowest BCUT2D eigenvalue weighted by Crippen LogP contribution is -2.17. The molecule has 0 amide bonds. The fraction of sp³-hybridized carbons (Fsp3) is 1.00. The number of rotatable bonds is 12. The maximum Gasteiger partial charge on any atom is 0.507 e. The molecule has 0 aliphatic rings. The topological polar surface area (TPSA) is 27.7 Å². The van der Waals surface area contributed by atoms with Gasteiger partial charge >= 0.3 is 11.7 Å². The minimum absolute atomic E-state index is 0.729. The highest BCUT2D eigenvalue weighted by molar-refractivity contribution is 7.82. The van der Waals surface area contributed by atoms with Gasteiger partial charge in [0.1, 0.15) is 19.8 Å². The standard InChI is InChI=1S/C12H27O3S/c1-4-7-10-13-16(14-11-8-5-2)15-12-9-6-3/h4-12H2,1-3H3/q+1. The summed E-state index contributed by atoms with van der Waals surface area (Å²) in [6.07, 6.45) is 6.62. The summed E-state index contributed by atoms with van der Waals surface area (Å²) in [6, 6.07) is 0. The molecular weight excluding hydrogens is 224 g/mol. The van der Waals surface area contributed by atoms with E-state index in [1.807, 2.05) is 0 Å². The van der Waals surface area contributed by atoms with E-state index in [1.54, 1.807) is 0 Å². The summed E-state index contributed by atoms with van der Waals surface area (Å²) in [6.45, 7) is 8.65. The van der Waals surface area contributed by atoms with Crippen LogP contribution in [0.1, 0.15) is 59.3 Å². The van der Waals surface area contributed by atoms with Gasteiger partial charge in [0.2, 0.25) is 0 Å². The molecule has 0 rings (SSSR count). The van der Waals surface area contributed by atoms with Gasteiger partial charge in [-0.1, -0.05) is 40.0 Å². The predicted molar refractivity (Wildman–Crippen MR) is 69.9 cm³/mol. The van der Waals surface area contributed by atoms with Crippen LogP contribution in [0.2, 0.25) is 0 Å². The molecule has 0 aliphatic heterocycles. The van der Waals surface area contributed by atoms with Crippen molar-refractivity contribution in [2.45, 2.75) is 59.3 Å². The zero-order valence-corrected chi connectivity index (χ0v) is 11.8. The third-order valence-corrected chi connectivity index (χ3v) is 3.11. The van der Waals surface area contributed by atoms with Crippen molar-refractivity contribution in [2.24, 2.45) is 0 Å². The number of hydrogen-bond donors (Lipinski definition) is 0. The maximum atomic E-state index is 5.56. The molecule has 0 fully saturated rings. The molecule has 4 heteroatoms. The van der Waals surface area contributed by atoms with E-state index >= 15 is 0 Å². The first-order chi connectivity index (χ1) is 7.85. The molecule has 0 heterocycles. The molecule has 0 aromatic heterocycles. The lowest BCUT2D eigenvalue weighted by molar-refractivity contribution is 0.175. The molecule has 0 aromatic rings. The van der Waals surface area contributed by atoms with E-state index in [0.717, 1.165) is 58.3 Å². The first-order valence-electron chi connectivity index (χ1n) is 6.49. The fourth-order valence-electron chi connectivity index (χ4n) is 0.916. The Labute approximate surface area is 104 Å². The molecule has 0 bridgehead atoms. The van der Waals surface area contributed by atoms with Crippen LogP contribution in [0.5, 0.6) is 0 Å². The second-order valence-electron chi connectivity index (χ2n) is 3.73. The van der Waals surface area contributed by atoms with Gasteiger partial charge in [0, 0.05) is 0 Å². The van der Waals surface area contributed by atoms with Crippen molar-refractivity contribution >= 4 is 11.7 Å². The normalized spacial score (nSPS) is 11.2. The second-order valence-corrected chi connectivity index (χ2v) is 4.85. The van der Waals surface area contributed by atoms with Gasteiger partial charge in [0.05, 0.1) is 0 Å². The van der Waals surface area contributed by atoms with Crippen LogP contribution < -0.4 is 0 Å². The molecule has 98 valence electrons. The van der Waals surface area contributed by atoms with Gasteiger partial charge in [-0.2, -0.15) is 0 Å². The third-order valence-electron chi connectivity index (χ3n) is 2.03. The van der Waals surface area contributed by atoms with Gasteiger partial charge in [0.25, 0.3) is 0 Å². The van der Waals surface area contributed by atoms with Crippen molar-refractivity contribution in [1.82, 2.24) is 0 Å². The maximum absolute atomic E-state index is 5.56. The van der Waals surface area contributed by atoms with E-state index in [1.165, 1.54) is 0 Å². The first-order valence-corrected chi connectivity index (χ1v) is 7.49. The van der Waals surface area contributed by atoms with Gasteiger partial charge in [-0.25, -0.2) is 0 Å². The van der Waals surface area contributed by atoms with Crippen LogP contribution in [0.4, 0.5) is 0 Å². The van der Waals surface area contributed by atoms with Crippen LogP contribution >= 0.6 is 0 Å². The van der Waals surface area contributed by atoms with E-state index in [9.17, 15) is 0 Å². The van der Waals surface area contributed by atoms with E-state index in [2.05, 4.69) is 20.8 Å². The van der Waals surface area contributed by atoms with Crippen molar-refractivity contribution in [1.29, 1.82) is 0 Å². The van der Waals surface area contributed by atoms with Gasteiger partial charge in [-0.3, -0.25) is 0 Å². The average molecular weight is 251 g/mol. The van der Waals surface area contributed by atoms with Gasteiger partial charge in [-0.15, -0.1) is 12.5 Å². The van der Waals surface area contributed by atoms with Crippen LogP contribution in [0.15, 0.2) is 0 Å². The molecule has 0 radical (unpaired) electrons. The minimum Gasteiger partial charge on any atom is -0.109 e.